The van der Waals surface area contributed by atoms with Gasteiger partial charge in [-0.3, -0.25) is 4.98 Å². The molecular weight excluding hydrogens is 212 g/mol. The van der Waals surface area contributed by atoms with Gasteiger partial charge in [0.1, 0.15) is 5.75 Å². The van der Waals surface area contributed by atoms with Crippen molar-refractivity contribution in [1.29, 1.82) is 0 Å². The maximum absolute atomic E-state index is 5.61. The quantitative estimate of drug-likeness (QED) is 0.704. The van der Waals surface area contributed by atoms with E-state index in [1.807, 2.05) is 18.3 Å². The van der Waals surface area contributed by atoms with Crippen LogP contribution in [0.1, 0.15) is 45.7 Å². The van der Waals surface area contributed by atoms with Crippen LogP contribution in [0, 0.1) is 0 Å². The van der Waals surface area contributed by atoms with E-state index < -0.39 is 0 Å². The van der Waals surface area contributed by atoms with Gasteiger partial charge in [-0.25, -0.2) is 0 Å². The number of rotatable bonds is 8. The lowest BCUT2D eigenvalue weighted by molar-refractivity contribution is 0.305. The van der Waals surface area contributed by atoms with Crippen molar-refractivity contribution in [2.75, 3.05) is 6.61 Å². The second kappa shape index (κ2) is 8.07. The molecule has 0 saturated carbocycles. The van der Waals surface area contributed by atoms with Gasteiger partial charge in [-0.15, -0.1) is 0 Å². The zero-order valence-corrected chi connectivity index (χ0v) is 11.2. The normalized spacial score (nSPS) is 10.8. The van der Waals surface area contributed by atoms with Crippen molar-refractivity contribution in [1.82, 2.24) is 10.3 Å². The molecule has 3 nitrogen and oxygen atoms in total. The summed E-state index contributed by atoms with van der Waals surface area (Å²) in [4.78, 5) is 4.36. The fourth-order valence-electron chi connectivity index (χ4n) is 1.45. The molecule has 1 N–H and O–H groups in total. The Balaban J connectivity index is 2.29. The Morgan fingerprint density at radius 2 is 2.12 bits per heavy atom. The predicted molar refractivity (Wildman–Crippen MR) is 71.2 cm³/mol. The highest BCUT2D eigenvalue weighted by Gasteiger charge is 1.98. The fourth-order valence-corrected chi connectivity index (χ4v) is 1.45. The third-order valence-corrected chi connectivity index (χ3v) is 2.51. The van der Waals surface area contributed by atoms with Crippen LogP contribution >= 0.6 is 0 Å². The van der Waals surface area contributed by atoms with Gasteiger partial charge in [-0.05, 0) is 18.6 Å². The molecule has 0 aromatic carbocycles. The summed E-state index contributed by atoms with van der Waals surface area (Å²) in [7, 11) is 0. The van der Waals surface area contributed by atoms with E-state index in [9.17, 15) is 0 Å². The summed E-state index contributed by atoms with van der Waals surface area (Å²) in [6.45, 7) is 8.06. The molecule has 0 aliphatic carbocycles. The molecule has 1 heterocycles. The highest BCUT2D eigenvalue weighted by molar-refractivity contribution is 5.19. The van der Waals surface area contributed by atoms with Crippen LogP contribution in [0.3, 0.4) is 0 Å². The van der Waals surface area contributed by atoms with Crippen LogP contribution in [0.25, 0.3) is 0 Å². The van der Waals surface area contributed by atoms with Crippen molar-refractivity contribution in [3.63, 3.8) is 0 Å². The van der Waals surface area contributed by atoms with Crippen molar-refractivity contribution in [2.45, 2.75) is 52.6 Å². The molecule has 0 radical (unpaired) electrons. The van der Waals surface area contributed by atoms with E-state index in [0.29, 0.717) is 6.04 Å². The van der Waals surface area contributed by atoms with E-state index in [1.54, 1.807) is 0 Å². The highest BCUT2D eigenvalue weighted by atomic mass is 16.5. The molecule has 0 unspecified atom stereocenters. The molecule has 17 heavy (non-hydrogen) atoms. The molecular formula is C14H24N2O. The van der Waals surface area contributed by atoms with Crippen LogP contribution in [-0.2, 0) is 6.54 Å². The van der Waals surface area contributed by atoms with Crippen molar-refractivity contribution in [2.24, 2.45) is 0 Å². The monoisotopic (exact) mass is 236 g/mol. The van der Waals surface area contributed by atoms with Crippen LogP contribution in [0.4, 0.5) is 0 Å². The Bertz CT molecular complexity index is 296. The molecule has 3 heteroatoms. The van der Waals surface area contributed by atoms with Crippen LogP contribution in [0.5, 0.6) is 5.75 Å². The zero-order chi connectivity index (χ0) is 12.5. The van der Waals surface area contributed by atoms with Gasteiger partial charge in [-0.1, -0.05) is 33.6 Å². The largest absolute Gasteiger partial charge is 0.492 e. The van der Waals surface area contributed by atoms with Gasteiger partial charge >= 0.3 is 0 Å². The minimum Gasteiger partial charge on any atom is -0.492 e. The number of hydrogen-bond donors (Lipinski definition) is 1. The summed E-state index contributed by atoms with van der Waals surface area (Å²) in [6.07, 6.45) is 5.38. The number of pyridine rings is 1. The van der Waals surface area contributed by atoms with Crippen molar-refractivity contribution in [3.05, 3.63) is 24.0 Å². The van der Waals surface area contributed by atoms with E-state index in [2.05, 4.69) is 31.1 Å². The number of hydrogen-bond acceptors (Lipinski definition) is 3. The second-order valence-electron chi connectivity index (χ2n) is 4.58. The molecule has 0 amide bonds. The average Bonchev–Trinajstić information content (AvgIpc) is 2.33. The molecule has 1 rings (SSSR count). The fraction of sp³-hybridized carbons (Fsp3) is 0.643. The van der Waals surface area contributed by atoms with Crippen LogP contribution in [0.15, 0.2) is 18.3 Å². The van der Waals surface area contributed by atoms with Crippen molar-refractivity contribution in [3.8, 4) is 5.75 Å². The Morgan fingerprint density at radius 1 is 1.29 bits per heavy atom. The molecule has 0 aliphatic rings. The maximum Gasteiger partial charge on any atom is 0.137 e. The molecule has 0 aliphatic heterocycles. The number of aromatic nitrogens is 1. The summed E-state index contributed by atoms with van der Waals surface area (Å²) in [5.74, 6) is 0.870. The summed E-state index contributed by atoms with van der Waals surface area (Å²) in [5, 5.41) is 3.34. The van der Waals surface area contributed by atoms with Crippen LogP contribution < -0.4 is 10.1 Å². The predicted octanol–water partition coefficient (Wildman–Crippen LogP) is 3.15. The van der Waals surface area contributed by atoms with E-state index in [4.69, 9.17) is 4.74 Å². The molecule has 0 saturated heterocycles. The molecule has 0 fully saturated rings. The second-order valence-corrected chi connectivity index (χ2v) is 4.58. The molecule has 0 atom stereocenters. The lowest BCUT2D eigenvalue weighted by atomic mass is 10.3. The minimum absolute atomic E-state index is 0.488. The number of nitrogens with one attached hydrogen (secondary N) is 1. The summed E-state index contributed by atoms with van der Waals surface area (Å²) < 4.78 is 5.61. The standard InChI is InChI=1S/C14H24N2O/c1-4-5-6-9-17-14-8-7-13(16-11-14)10-15-12(2)3/h7-8,11-12,15H,4-6,9-10H2,1-3H3. The first-order valence-electron chi connectivity index (χ1n) is 6.53. The van der Waals surface area contributed by atoms with Crippen molar-refractivity contribution >= 4 is 0 Å². The molecule has 0 bridgehead atoms. The molecule has 1 aromatic heterocycles. The lowest BCUT2D eigenvalue weighted by Gasteiger charge is -2.08. The Kier molecular flexibility index (Phi) is 6.63. The third kappa shape index (κ3) is 6.27. The Morgan fingerprint density at radius 3 is 2.71 bits per heavy atom. The summed E-state index contributed by atoms with van der Waals surface area (Å²) >= 11 is 0. The van der Waals surface area contributed by atoms with Gasteiger partial charge < -0.3 is 10.1 Å². The van der Waals surface area contributed by atoms with Crippen LogP contribution in [0.2, 0.25) is 0 Å². The lowest BCUT2D eigenvalue weighted by Crippen LogP contribution is -2.22. The number of ether oxygens (including phenoxy) is 1. The SMILES string of the molecule is CCCCCOc1ccc(CNC(C)C)nc1. The van der Waals surface area contributed by atoms with E-state index in [-0.39, 0.29) is 0 Å². The van der Waals surface area contributed by atoms with E-state index >= 15 is 0 Å². The number of nitrogens with zero attached hydrogens (tertiary/aromatic N) is 1. The maximum atomic E-state index is 5.61. The minimum atomic E-state index is 0.488. The van der Waals surface area contributed by atoms with Crippen molar-refractivity contribution < 1.29 is 4.74 Å². The van der Waals surface area contributed by atoms with Gasteiger partial charge in [0.15, 0.2) is 0 Å². The molecule has 96 valence electrons. The van der Waals surface area contributed by atoms with E-state index in [1.165, 1.54) is 12.8 Å². The van der Waals surface area contributed by atoms with Gasteiger partial charge in [0.2, 0.25) is 0 Å². The summed E-state index contributed by atoms with van der Waals surface area (Å²) in [5.41, 5.74) is 1.06. The molecule has 1 aromatic rings. The number of unbranched alkanes of at least 4 members (excludes halogenated alkanes) is 2. The average molecular weight is 236 g/mol. The highest BCUT2D eigenvalue weighted by Crippen LogP contribution is 2.10. The first-order chi connectivity index (χ1) is 8.22. The topological polar surface area (TPSA) is 34.1 Å². The van der Waals surface area contributed by atoms with Gasteiger partial charge in [0.05, 0.1) is 18.5 Å². The summed E-state index contributed by atoms with van der Waals surface area (Å²) in [6, 6.07) is 4.50. The first kappa shape index (κ1) is 14.0. The van der Waals surface area contributed by atoms with Gasteiger partial charge in [0.25, 0.3) is 0 Å². The Hall–Kier alpha value is -1.09. The Labute approximate surface area is 105 Å². The van der Waals surface area contributed by atoms with E-state index in [0.717, 1.165) is 31.0 Å². The smallest absolute Gasteiger partial charge is 0.137 e. The first-order valence-corrected chi connectivity index (χ1v) is 6.53. The van der Waals surface area contributed by atoms with Gasteiger partial charge in [-0.2, -0.15) is 0 Å². The molecule has 0 spiro atoms. The zero-order valence-electron chi connectivity index (χ0n) is 11.2. The van der Waals surface area contributed by atoms with Crippen LogP contribution in [-0.4, -0.2) is 17.6 Å². The van der Waals surface area contributed by atoms with Gasteiger partial charge in [0, 0.05) is 12.6 Å². The third-order valence-electron chi connectivity index (χ3n) is 2.51.